The molecule has 0 spiro atoms. The van der Waals surface area contributed by atoms with Crippen molar-refractivity contribution in [2.45, 2.75) is 59.2 Å². The molecule has 0 saturated heterocycles. The van der Waals surface area contributed by atoms with Crippen LogP contribution in [0.25, 0.3) is 0 Å². The Morgan fingerprint density at radius 3 is 2.19 bits per heavy atom. The van der Waals surface area contributed by atoms with Gasteiger partial charge in [-0.3, -0.25) is 4.79 Å². The molecule has 144 valence electrons. The van der Waals surface area contributed by atoms with E-state index in [9.17, 15) is 4.79 Å². The van der Waals surface area contributed by atoms with Crippen LogP contribution in [0.2, 0.25) is 0 Å². The quantitative estimate of drug-likeness (QED) is 0.635. The third-order valence-corrected chi connectivity index (χ3v) is 5.60. The molecule has 1 aliphatic rings. The molecule has 3 nitrogen and oxygen atoms in total. The molecule has 1 aliphatic carbocycles. The summed E-state index contributed by atoms with van der Waals surface area (Å²) in [6.45, 7) is 6.96. The first-order chi connectivity index (χ1) is 13.0. The monoisotopic (exact) mass is 366 g/mol. The predicted molar refractivity (Wildman–Crippen MR) is 108 cm³/mol. The minimum absolute atomic E-state index is 0.112. The third kappa shape index (κ3) is 4.59. The van der Waals surface area contributed by atoms with Crippen molar-refractivity contribution in [3.05, 3.63) is 70.8 Å². The number of carbonyl (C=O) groups is 1. The van der Waals surface area contributed by atoms with E-state index in [1.807, 2.05) is 6.92 Å². The number of benzene rings is 2. The second kappa shape index (κ2) is 8.71. The lowest BCUT2D eigenvalue weighted by atomic mass is 9.78. The zero-order chi connectivity index (χ0) is 19.3. The van der Waals surface area contributed by atoms with Gasteiger partial charge in [-0.1, -0.05) is 59.7 Å². The van der Waals surface area contributed by atoms with E-state index in [2.05, 4.69) is 62.4 Å². The van der Waals surface area contributed by atoms with Gasteiger partial charge in [0.2, 0.25) is 0 Å². The molecule has 0 amide bonds. The van der Waals surface area contributed by atoms with Crippen molar-refractivity contribution in [2.75, 3.05) is 6.61 Å². The molecular formula is C24H30O3. The lowest BCUT2D eigenvalue weighted by Crippen LogP contribution is -2.43. The van der Waals surface area contributed by atoms with Gasteiger partial charge in [0.1, 0.15) is 0 Å². The molecule has 2 aromatic rings. The molecule has 2 aromatic carbocycles. The Morgan fingerprint density at radius 2 is 1.59 bits per heavy atom. The first kappa shape index (κ1) is 19.6. The van der Waals surface area contributed by atoms with Crippen molar-refractivity contribution in [2.24, 2.45) is 5.41 Å². The van der Waals surface area contributed by atoms with Crippen molar-refractivity contribution in [1.29, 1.82) is 0 Å². The summed E-state index contributed by atoms with van der Waals surface area (Å²) in [7, 11) is 0. The number of rotatable bonds is 7. The van der Waals surface area contributed by atoms with Crippen LogP contribution in [0, 0.1) is 19.3 Å². The van der Waals surface area contributed by atoms with E-state index in [-0.39, 0.29) is 12.1 Å². The van der Waals surface area contributed by atoms with Gasteiger partial charge in [-0.05, 0) is 57.6 Å². The molecule has 0 bridgehead atoms. The van der Waals surface area contributed by atoms with E-state index >= 15 is 0 Å². The molecular weight excluding hydrogens is 336 g/mol. The highest BCUT2D eigenvalue weighted by Gasteiger charge is 2.51. The van der Waals surface area contributed by atoms with Crippen molar-refractivity contribution in [1.82, 2.24) is 0 Å². The molecule has 0 radical (unpaired) electrons. The van der Waals surface area contributed by atoms with Crippen molar-refractivity contribution < 1.29 is 14.3 Å². The molecule has 1 fully saturated rings. The lowest BCUT2D eigenvalue weighted by Gasteiger charge is -2.33. The molecule has 2 unspecified atom stereocenters. The smallest absolute Gasteiger partial charge is 0.315 e. The highest BCUT2D eigenvalue weighted by molar-refractivity contribution is 5.78. The van der Waals surface area contributed by atoms with Gasteiger partial charge in [0.25, 0.3) is 0 Å². The van der Waals surface area contributed by atoms with Crippen molar-refractivity contribution in [3.8, 4) is 0 Å². The van der Waals surface area contributed by atoms with Crippen LogP contribution < -0.4 is 0 Å². The van der Waals surface area contributed by atoms with Gasteiger partial charge in [0.05, 0.1) is 24.7 Å². The van der Waals surface area contributed by atoms with Crippen LogP contribution in [0.4, 0.5) is 0 Å². The van der Waals surface area contributed by atoms with Crippen LogP contribution in [0.5, 0.6) is 0 Å². The van der Waals surface area contributed by atoms with E-state index in [1.165, 1.54) is 16.7 Å². The summed E-state index contributed by atoms with van der Waals surface area (Å²) in [5, 5.41) is 0. The zero-order valence-electron chi connectivity index (χ0n) is 16.7. The summed E-state index contributed by atoms with van der Waals surface area (Å²) >= 11 is 0. The Morgan fingerprint density at radius 1 is 1.00 bits per heavy atom. The van der Waals surface area contributed by atoms with Crippen LogP contribution in [-0.4, -0.2) is 18.7 Å². The van der Waals surface area contributed by atoms with Gasteiger partial charge in [-0.2, -0.15) is 0 Å². The standard InChI is InChI=1S/C24H30O3/c1-4-26-23(25)24(16-20-11-7-18(2)8-12-20)15-5-6-22(24)27-17-21-13-9-19(3)10-14-21/h7-14,22H,4-6,15-17H2,1-3H3. The SMILES string of the molecule is CCOC(=O)C1(Cc2ccc(C)cc2)CCCC1OCc1ccc(C)cc1. The molecule has 0 aromatic heterocycles. The van der Waals surface area contributed by atoms with Gasteiger partial charge < -0.3 is 9.47 Å². The van der Waals surface area contributed by atoms with Crippen LogP contribution >= 0.6 is 0 Å². The summed E-state index contributed by atoms with van der Waals surface area (Å²) in [6.07, 6.45) is 3.27. The fourth-order valence-electron chi connectivity index (χ4n) is 4.02. The van der Waals surface area contributed by atoms with Gasteiger partial charge >= 0.3 is 5.97 Å². The average molecular weight is 367 g/mol. The second-order valence-electron chi connectivity index (χ2n) is 7.72. The molecule has 0 N–H and O–H groups in total. The van der Waals surface area contributed by atoms with Gasteiger partial charge in [-0.15, -0.1) is 0 Å². The minimum atomic E-state index is -0.587. The topological polar surface area (TPSA) is 35.5 Å². The number of carbonyl (C=O) groups excluding carboxylic acids is 1. The Labute approximate surface area is 162 Å². The van der Waals surface area contributed by atoms with Crippen LogP contribution in [-0.2, 0) is 27.3 Å². The summed E-state index contributed by atoms with van der Waals surface area (Å²) < 4.78 is 11.8. The summed E-state index contributed by atoms with van der Waals surface area (Å²) in [5.41, 5.74) is 4.18. The first-order valence-corrected chi connectivity index (χ1v) is 9.93. The normalized spacial score (nSPS) is 22.0. The van der Waals surface area contributed by atoms with Crippen LogP contribution in [0.15, 0.2) is 48.5 Å². The summed E-state index contributed by atoms with van der Waals surface area (Å²) in [5.74, 6) is -0.114. The zero-order valence-corrected chi connectivity index (χ0v) is 16.7. The highest BCUT2D eigenvalue weighted by Crippen LogP contribution is 2.44. The van der Waals surface area contributed by atoms with E-state index in [4.69, 9.17) is 9.47 Å². The number of hydrogen-bond donors (Lipinski definition) is 0. The number of esters is 1. The highest BCUT2D eigenvalue weighted by atomic mass is 16.5. The Hall–Kier alpha value is -2.13. The molecule has 27 heavy (non-hydrogen) atoms. The Bertz CT molecular complexity index is 748. The minimum Gasteiger partial charge on any atom is -0.465 e. The van der Waals surface area contributed by atoms with Crippen LogP contribution in [0.1, 0.15) is 48.4 Å². The predicted octanol–water partition coefficient (Wildman–Crippen LogP) is 5.16. The van der Waals surface area contributed by atoms with Gasteiger partial charge in [0, 0.05) is 0 Å². The van der Waals surface area contributed by atoms with E-state index < -0.39 is 5.41 Å². The average Bonchev–Trinajstić information content (AvgIpc) is 3.07. The third-order valence-electron chi connectivity index (χ3n) is 5.60. The molecule has 2 atom stereocenters. The van der Waals surface area contributed by atoms with E-state index in [1.54, 1.807) is 0 Å². The molecule has 3 heteroatoms. The number of hydrogen-bond acceptors (Lipinski definition) is 3. The van der Waals surface area contributed by atoms with Crippen LogP contribution in [0.3, 0.4) is 0 Å². The number of ether oxygens (including phenoxy) is 2. The first-order valence-electron chi connectivity index (χ1n) is 9.93. The maximum atomic E-state index is 13.0. The van der Waals surface area contributed by atoms with E-state index in [0.717, 1.165) is 24.8 Å². The molecule has 0 aliphatic heterocycles. The molecule has 3 rings (SSSR count). The molecule has 0 heterocycles. The second-order valence-corrected chi connectivity index (χ2v) is 7.72. The summed E-state index contributed by atoms with van der Waals surface area (Å²) in [6, 6.07) is 16.8. The Balaban J connectivity index is 1.79. The summed E-state index contributed by atoms with van der Waals surface area (Å²) in [4.78, 5) is 13.0. The maximum absolute atomic E-state index is 13.0. The lowest BCUT2D eigenvalue weighted by molar-refractivity contribution is -0.164. The largest absolute Gasteiger partial charge is 0.465 e. The Kier molecular flexibility index (Phi) is 6.33. The van der Waals surface area contributed by atoms with E-state index in [0.29, 0.717) is 19.6 Å². The fraction of sp³-hybridized carbons (Fsp3) is 0.458. The fourth-order valence-corrected chi connectivity index (χ4v) is 4.02. The number of aryl methyl sites for hydroxylation is 2. The van der Waals surface area contributed by atoms with Gasteiger partial charge in [-0.25, -0.2) is 0 Å². The molecule has 1 saturated carbocycles. The van der Waals surface area contributed by atoms with Crippen molar-refractivity contribution >= 4 is 5.97 Å². The van der Waals surface area contributed by atoms with Gasteiger partial charge in [0.15, 0.2) is 0 Å². The van der Waals surface area contributed by atoms with Crippen molar-refractivity contribution in [3.63, 3.8) is 0 Å². The maximum Gasteiger partial charge on any atom is 0.315 e.